The number of amides is 1. The molecule has 0 aromatic carbocycles. The average molecular weight is 241 g/mol. The summed E-state index contributed by atoms with van der Waals surface area (Å²) in [6, 6.07) is 0.304. The van der Waals surface area contributed by atoms with Crippen LogP contribution in [0.3, 0.4) is 0 Å². The highest BCUT2D eigenvalue weighted by Crippen LogP contribution is 2.44. The fourth-order valence-corrected chi connectivity index (χ4v) is 2.22. The molecule has 0 radical (unpaired) electrons. The smallest absolute Gasteiger partial charge is 0.234 e. The second-order valence-corrected chi connectivity index (χ2v) is 5.55. The van der Waals surface area contributed by atoms with E-state index in [9.17, 15) is 4.79 Å². The van der Waals surface area contributed by atoms with E-state index in [-0.39, 0.29) is 17.9 Å². The maximum Gasteiger partial charge on any atom is 0.234 e. The molecule has 1 aliphatic heterocycles. The molecule has 17 heavy (non-hydrogen) atoms. The summed E-state index contributed by atoms with van der Waals surface area (Å²) >= 11 is 0. The van der Waals surface area contributed by atoms with E-state index >= 15 is 0 Å². The van der Waals surface area contributed by atoms with Gasteiger partial charge in [0.25, 0.3) is 0 Å². The quantitative estimate of drug-likeness (QED) is 0.594. The van der Waals surface area contributed by atoms with Crippen LogP contribution >= 0.6 is 0 Å². The zero-order valence-electron chi connectivity index (χ0n) is 10.3. The molecule has 0 bridgehead atoms. The molecule has 98 valence electrons. The highest BCUT2D eigenvalue weighted by molar-refractivity contribution is 5.78. The molecule has 1 amide bonds. The lowest BCUT2D eigenvalue weighted by molar-refractivity contribution is -0.122. The van der Waals surface area contributed by atoms with Gasteiger partial charge in [-0.2, -0.15) is 0 Å². The van der Waals surface area contributed by atoms with Crippen LogP contribution in [0, 0.1) is 5.41 Å². The maximum atomic E-state index is 11.7. The maximum absolute atomic E-state index is 11.7. The van der Waals surface area contributed by atoms with Gasteiger partial charge in [-0.15, -0.1) is 0 Å². The minimum atomic E-state index is -0.0000871. The Kier molecular flexibility index (Phi) is 4.01. The predicted molar refractivity (Wildman–Crippen MR) is 65.4 cm³/mol. The van der Waals surface area contributed by atoms with E-state index in [1.165, 1.54) is 0 Å². The lowest BCUT2D eigenvalue weighted by Gasteiger charge is -2.29. The Hall–Kier alpha value is -0.650. The third kappa shape index (κ3) is 3.66. The molecule has 2 fully saturated rings. The van der Waals surface area contributed by atoms with Gasteiger partial charge in [-0.3, -0.25) is 9.69 Å². The van der Waals surface area contributed by atoms with Gasteiger partial charge in [0.1, 0.15) is 0 Å². The number of carbonyl (C=O) groups is 1. The SMILES string of the molecule is NC1CCN(CC(=O)NCC2(CO)CC2)CC1. The van der Waals surface area contributed by atoms with Crippen LogP contribution in [0.2, 0.25) is 0 Å². The molecule has 0 spiro atoms. The number of nitrogens with one attached hydrogen (secondary N) is 1. The predicted octanol–water partition coefficient (Wildman–Crippen LogP) is -0.702. The molecular weight excluding hydrogens is 218 g/mol. The number of hydrogen-bond acceptors (Lipinski definition) is 4. The molecule has 1 aliphatic carbocycles. The molecule has 0 aromatic rings. The van der Waals surface area contributed by atoms with Gasteiger partial charge in [0, 0.05) is 31.1 Å². The highest BCUT2D eigenvalue weighted by Gasteiger charge is 2.42. The fourth-order valence-electron chi connectivity index (χ4n) is 2.22. The number of aliphatic hydroxyl groups is 1. The van der Waals surface area contributed by atoms with Crippen LogP contribution in [-0.2, 0) is 4.79 Å². The summed E-state index contributed by atoms with van der Waals surface area (Å²) in [5, 5.41) is 12.1. The molecule has 4 N–H and O–H groups in total. The van der Waals surface area contributed by atoms with Gasteiger partial charge in [0.05, 0.1) is 13.2 Å². The lowest BCUT2D eigenvalue weighted by Crippen LogP contribution is -2.45. The monoisotopic (exact) mass is 241 g/mol. The number of nitrogens with two attached hydrogens (primary N) is 1. The van der Waals surface area contributed by atoms with E-state index in [0.29, 0.717) is 19.1 Å². The topological polar surface area (TPSA) is 78.6 Å². The van der Waals surface area contributed by atoms with Crippen molar-refractivity contribution in [1.82, 2.24) is 10.2 Å². The van der Waals surface area contributed by atoms with E-state index in [2.05, 4.69) is 10.2 Å². The number of nitrogens with zero attached hydrogens (tertiary/aromatic N) is 1. The molecule has 1 heterocycles. The van der Waals surface area contributed by atoms with Crippen LogP contribution in [0.5, 0.6) is 0 Å². The van der Waals surface area contributed by atoms with Crippen molar-refractivity contribution < 1.29 is 9.90 Å². The van der Waals surface area contributed by atoms with Crippen LogP contribution in [-0.4, -0.2) is 54.7 Å². The lowest BCUT2D eigenvalue weighted by atomic mass is 10.1. The molecule has 0 unspecified atom stereocenters. The molecular formula is C12H23N3O2. The summed E-state index contributed by atoms with van der Waals surface area (Å²) in [4.78, 5) is 13.9. The third-order valence-electron chi connectivity index (χ3n) is 3.95. The fraction of sp³-hybridized carbons (Fsp3) is 0.917. The number of rotatable bonds is 5. The van der Waals surface area contributed by atoms with Gasteiger partial charge in [-0.25, -0.2) is 0 Å². The number of hydrogen-bond donors (Lipinski definition) is 3. The van der Waals surface area contributed by atoms with Gasteiger partial charge in [0.2, 0.25) is 5.91 Å². The van der Waals surface area contributed by atoms with Gasteiger partial charge >= 0.3 is 0 Å². The van der Waals surface area contributed by atoms with Crippen molar-refractivity contribution in [2.24, 2.45) is 11.1 Å². The highest BCUT2D eigenvalue weighted by atomic mass is 16.3. The first-order chi connectivity index (χ1) is 8.13. The normalized spacial score (nSPS) is 24.6. The van der Waals surface area contributed by atoms with Crippen molar-refractivity contribution in [1.29, 1.82) is 0 Å². The van der Waals surface area contributed by atoms with Crippen molar-refractivity contribution in [3.63, 3.8) is 0 Å². The van der Waals surface area contributed by atoms with Gasteiger partial charge < -0.3 is 16.2 Å². The van der Waals surface area contributed by atoms with Crippen LogP contribution in [0.15, 0.2) is 0 Å². The average Bonchev–Trinajstić information content (AvgIpc) is 3.10. The Morgan fingerprint density at radius 1 is 1.41 bits per heavy atom. The molecule has 5 nitrogen and oxygen atoms in total. The van der Waals surface area contributed by atoms with Crippen molar-refractivity contribution in [2.45, 2.75) is 31.7 Å². The van der Waals surface area contributed by atoms with Crippen molar-refractivity contribution >= 4 is 5.91 Å². The zero-order chi connectivity index (χ0) is 12.3. The Morgan fingerprint density at radius 2 is 2.06 bits per heavy atom. The second-order valence-electron chi connectivity index (χ2n) is 5.55. The largest absolute Gasteiger partial charge is 0.396 e. The Labute approximate surface area is 102 Å². The third-order valence-corrected chi connectivity index (χ3v) is 3.95. The van der Waals surface area contributed by atoms with Gasteiger partial charge in [-0.1, -0.05) is 0 Å². The first-order valence-corrected chi connectivity index (χ1v) is 6.49. The number of piperidine rings is 1. The first-order valence-electron chi connectivity index (χ1n) is 6.49. The Balaban J connectivity index is 1.64. The van der Waals surface area contributed by atoms with Crippen molar-refractivity contribution in [3.05, 3.63) is 0 Å². The molecule has 5 heteroatoms. The summed E-state index contributed by atoms with van der Waals surface area (Å²) < 4.78 is 0. The molecule has 2 rings (SSSR count). The van der Waals surface area contributed by atoms with Crippen LogP contribution in [0.1, 0.15) is 25.7 Å². The zero-order valence-corrected chi connectivity index (χ0v) is 10.3. The number of aliphatic hydroxyl groups excluding tert-OH is 1. The van der Waals surface area contributed by atoms with E-state index < -0.39 is 0 Å². The summed E-state index contributed by atoms with van der Waals surface area (Å²) in [5.41, 5.74) is 5.81. The summed E-state index contributed by atoms with van der Waals surface area (Å²) in [6.07, 6.45) is 4.02. The van der Waals surface area contributed by atoms with Crippen molar-refractivity contribution in [3.8, 4) is 0 Å². The second kappa shape index (κ2) is 5.33. The first kappa shape index (κ1) is 12.8. The summed E-state index contributed by atoms with van der Waals surface area (Å²) in [7, 11) is 0. The summed E-state index contributed by atoms with van der Waals surface area (Å²) in [5.74, 6) is 0.0696. The van der Waals surface area contributed by atoms with E-state index in [4.69, 9.17) is 10.8 Å². The van der Waals surface area contributed by atoms with Crippen molar-refractivity contribution in [2.75, 3.05) is 32.8 Å². The number of likely N-dealkylation sites (tertiary alicyclic amines) is 1. The van der Waals surface area contributed by atoms with E-state index in [1.807, 2.05) is 0 Å². The van der Waals surface area contributed by atoms with Gasteiger partial charge in [-0.05, 0) is 25.7 Å². The van der Waals surface area contributed by atoms with Crippen LogP contribution < -0.4 is 11.1 Å². The number of carbonyl (C=O) groups excluding carboxylic acids is 1. The molecule has 1 saturated carbocycles. The summed E-state index contributed by atoms with van der Waals surface area (Å²) in [6.45, 7) is 3.11. The molecule has 0 atom stereocenters. The Morgan fingerprint density at radius 3 is 2.59 bits per heavy atom. The van der Waals surface area contributed by atoms with Gasteiger partial charge in [0.15, 0.2) is 0 Å². The Bertz CT molecular complexity index is 271. The van der Waals surface area contributed by atoms with Crippen LogP contribution in [0.25, 0.3) is 0 Å². The van der Waals surface area contributed by atoms with E-state index in [0.717, 1.165) is 38.8 Å². The van der Waals surface area contributed by atoms with E-state index in [1.54, 1.807) is 0 Å². The molecule has 0 aromatic heterocycles. The minimum absolute atomic E-state index is 0.0000871. The van der Waals surface area contributed by atoms with Crippen LogP contribution in [0.4, 0.5) is 0 Å². The minimum Gasteiger partial charge on any atom is -0.396 e. The molecule has 1 saturated heterocycles. The standard InChI is InChI=1S/C12H23N3O2/c13-10-1-5-15(6-2-10)7-11(17)14-8-12(9-16)3-4-12/h10,16H,1-9,13H2,(H,14,17). The molecule has 2 aliphatic rings.